The molecule has 5 nitrogen and oxygen atoms in total. The molecule has 0 bridgehead atoms. The SMILES string of the molecule is O=C(Cc1ccccc1)c1cc2cc3c(-c4ccnc(C(F)(F)F)c4)n[nH]c3cc2[nH]1. The molecule has 5 rings (SSSR count). The minimum Gasteiger partial charge on any atom is -0.352 e. The summed E-state index contributed by atoms with van der Waals surface area (Å²) in [6.45, 7) is 0. The Balaban J connectivity index is 1.54. The lowest BCUT2D eigenvalue weighted by molar-refractivity contribution is -0.141. The monoisotopic (exact) mass is 420 g/mol. The average molecular weight is 420 g/mol. The normalized spacial score (nSPS) is 12.0. The van der Waals surface area contributed by atoms with Gasteiger partial charge in [0.15, 0.2) is 5.78 Å². The summed E-state index contributed by atoms with van der Waals surface area (Å²) >= 11 is 0. The quantitative estimate of drug-likeness (QED) is 0.374. The van der Waals surface area contributed by atoms with Gasteiger partial charge in [-0.05, 0) is 35.9 Å². The maximum absolute atomic E-state index is 13.0. The summed E-state index contributed by atoms with van der Waals surface area (Å²) in [5.41, 5.74) is 2.51. The van der Waals surface area contributed by atoms with Crippen molar-refractivity contribution in [2.24, 2.45) is 0 Å². The first-order valence-electron chi connectivity index (χ1n) is 9.50. The molecule has 0 aliphatic heterocycles. The highest BCUT2D eigenvalue weighted by molar-refractivity contribution is 6.05. The number of hydrogen-bond acceptors (Lipinski definition) is 3. The number of aromatic amines is 2. The number of pyridine rings is 1. The van der Waals surface area contributed by atoms with Crippen LogP contribution in [-0.4, -0.2) is 25.9 Å². The number of carbonyl (C=O) groups excluding carboxylic acids is 1. The van der Waals surface area contributed by atoms with Gasteiger partial charge in [0.1, 0.15) is 11.4 Å². The van der Waals surface area contributed by atoms with Crippen LogP contribution in [0.1, 0.15) is 21.7 Å². The van der Waals surface area contributed by atoms with E-state index in [2.05, 4.69) is 20.2 Å². The van der Waals surface area contributed by atoms with E-state index in [0.717, 1.165) is 28.7 Å². The summed E-state index contributed by atoms with van der Waals surface area (Å²) in [7, 11) is 0. The Labute approximate surface area is 173 Å². The van der Waals surface area contributed by atoms with Gasteiger partial charge in [-0.25, -0.2) is 0 Å². The number of nitrogens with zero attached hydrogens (tertiary/aromatic N) is 2. The Morgan fingerprint density at radius 1 is 0.968 bits per heavy atom. The van der Waals surface area contributed by atoms with Gasteiger partial charge in [-0.3, -0.25) is 14.9 Å². The van der Waals surface area contributed by atoms with E-state index in [1.165, 1.54) is 6.07 Å². The van der Waals surface area contributed by atoms with E-state index in [-0.39, 0.29) is 12.2 Å². The molecule has 3 aromatic heterocycles. The number of ketones is 1. The fourth-order valence-electron chi connectivity index (χ4n) is 3.63. The summed E-state index contributed by atoms with van der Waals surface area (Å²) in [6, 6.07) is 17.3. The fourth-order valence-corrected chi connectivity index (χ4v) is 3.63. The maximum Gasteiger partial charge on any atom is 0.433 e. The lowest BCUT2D eigenvalue weighted by atomic mass is 10.1. The van der Waals surface area contributed by atoms with Crippen molar-refractivity contribution in [2.45, 2.75) is 12.6 Å². The highest BCUT2D eigenvalue weighted by atomic mass is 19.4. The predicted octanol–water partition coefficient (Wildman–Crippen LogP) is 5.55. The van der Waals surface area contributed by atoms with E-state index in [4.69, 9.17) is 0 Å². The molecule has 0 atom stereocenters. The van der Waals surface area contributed by atoms with Crippen molar-refractivity contribution >= 4 is 27.6 Å². The van der Waals surface area contributed by atoms with Crippen LogP contribution in [0, 0.1) is 0 Å². The third-order valence-corrected chi connectivity index (χ3v) is 5.13. The summed E-state index contributed by atoms with van der Waals surface area (Å²) in [4.78, 5) is 19.2. The Morgan fingerprint density at radius 2 is 1.77 bits per heavy atom. The Kier molecular flexibility index (Phi) is 4.35. The Morgan fingerprint density at radius 3 is 2.55 bits per heavy atom. The second-order valence-electron chi connectivity index (χ2n) is 7.25. The van der Waals surface area contributed by atoms with E-state index in [1.54, 1.807) is 12.1 Å². The highest BCUT2D eigenvalue weighted by Crippen LogP contribution is 2.33. The first-order chi connectivity index (χ1) is 14.9. The number of hydrogen-bond donors (Lipinski definition) is 2. The van der Waals surface area contributed by atoms with Crippen LogP contribution in [0.3, 0.4) is 0 Å². The van der Waals surface area contributed by atoms with Gasteiger partial charge in [0.25, 0.3) is 0 Å². The lowest BCUT2D eigenvalue weighted by Gasteiger charge is -2.06. The van der Waals surface area contributed by atoms with Crippen molar-refractivity contribution in [2.75, 3.05) is 0 Å². The summed E-state index contributed by atoms with van der Waals surface area (Å²) in [5.74, 6) is -0.0478. The van der Waals surface area contributed by atoms with Gasteiger partial charge in [0, 0.05) is 34.5 Å². The van der Waals surface area contributed by atoms with E-state index in [1.807, 2.05) is 36.4 Å². The van der Waals surface area contributed by atoms with Crippen molar-refractivity contribution in [3.63, 3.8) is 0 Å². The molecule has 0 saturated carbocycles. The van der Waals surface area contributed by atoms with Crippen LogP contribution in [0.4, 0.5) is 13.2 Å². The minimum absolute atomic E-state index is 0.0478. The van der Waals surface area contributed by atoms with Crippen LogP contribution in [-0.2, 0) is 12.6 Å². The largest absolute Gasteiger partial charge is 0.433 e. The van der Waals surface area contributed by atoms with Gasteiger partial charge in [-0.1, -0.05) is 30.3 Å². The molecule has 5 aromatic rings. The molecule has 2 N–H and O–H groups in total. The van der Waals surface area contributed by atoms with Crippen LogP contribution in [0.2, 0.25) is 0 Å². The third-order valence-electron chi connectivity index (χ3n) is 5.13. The van der Waals surface area contributed by atoms with E-state index in [9.17, 15) is 18.0 Å². The standard InChI is InChI=1S/C23H15F3N4O/c24-23(25,26)21-11-14(6-7-27-21)22-16-9-15-10-19(28-17(15)12-18(16)29-30-22)20(31)8-13-4-2-1-3-5-13/h1-7,9-12,28H,8H2,(H,29,30). The van der Waals surface area contributed by atoms with Crippen molar-refractivity contribution in [3.05, 3.63) is 83.8 Å². The van der Waals surface area contributed by atoms with E-state index in [0.29, 0.717) is 27.9 Å². The maximum atomic E-state index is 13.0. The number of Topliss-reactive ketones (excluding diaryl/α,β-unsaturated/α-hetero) is 1. The zero-order chi connectivity index (χ0) is 21.6. The Hall–Kier alpha value is -3.94. The first-order valence-corrected chi connectivity index (χ1v) is 9.50. The van der Waals surface area contributed by atoms with Crippen LogP contribution >= 0.6 is 0 Å². The van der Waals surface area contributed by atoms with Crippen molar-refractivity contribution < 1.29 is 18.0 Å². The summed E-state index contributed by atoms with van der Waals surface area (Å²) < 4.78 is 39.1. The molecule has 3 heterocycles. The van der Waals surface area contributed by atoms with Gasteiger partial charge in [0.05, 0.1) is 11.2 Å². The molecule has 0 spiro atoms. The summed E-state index contributed by atoms with van der Waals surface area (Å²) in [6.07, 6.45) is -3.15. The molecule has 2 aromatic carbocycles. The topological polar surface area (TPSA) is 74.4 Å². The van der Waals surface area contributed by atoms with Gasteiger partial charge < -0.3 is 4.98 Å². The van der Waals surface area contributed by atoms with E-state index >= 15 is 0 Å². The molecule has 0 aliphatic carbocycles. The first kappa shape index (κ1) is 19.0. The van der Waals surface area contributed by atoms with Crippen LogP contribution in [0.5, 0.6) is 0 Å². The van der Waals surface area contributed by atoms with Crippen molar-refractivity contribution in [1.29, 1.82) is 0 Å². The second-order valence-corrected chi connectivity index (χ2v) is 7.25. The van der Waals surface area contributed by atoms with Gasteiger partial charge in [-0.15, -0.1) is 0 Å². The van der Waals surface area contributed by atoms with Crippen molar-refractivity contribution in [3.8, 4) is 11.3 Å². The second kappa shape index (κ2) is 7.09. The Bertz CT molecular complexity index is 1420. The van der Waals surface area contributed by atoms with Gasteiger partial charge in [0.2, 0.25) is 0 Å². The predicted molar refractivity (Wildman–Crippen MR) is 111 cm³/mol. The van der Waals surface area contributed by atoms with Crippen LogP contribution in [0.15, 0.2) is 66.9 Å². The number of rotatable bonds is 4. The zero-order valence-corrected chi connectivity index (χ0v) is 16.0. The molecule has 154 valence electrons. The fraction of sp³-hybridized carbons (Fsp3) is 0.0870. The lowest BCUT2D eigenvalue weighted by Crippen LogP contribution is -2.07. The van der Waals surface area contributed by atoms with Gasteiger partial charge >= 0.3 is 6.18 Å². The number of benzene rings is 2. The number of aromatic nitrogens is 4. The number of nitrogens with one attached hydrogen (secondary N) is 2. The molecule has 0 radical (unpaired) electrons. The molecule has 8 heteroatoms. The number of carbonyl (C=O) groups is 1. The molecule has 0 fully saturated rings. The third kappa shape index (κ3) is 3.56. The molecular formula is C23H15F3N4O. The molecule has 0 unspecified atom stereocenters. The molecule has 0 saturated heterocycles. The van der Waals surface area contributed by atoms with Crippen molar-refractivity contribution in [1.82, 2.24) is 20.2 Å². The molecule has 0 amide bonds. The highest BCUT2D eigenvalue weighted by Gasteiger charge is 2.32. The minimum atomic E-state index is -4.54. The number of fused-ring (bicyclic) bond motifs is 2. The average Bonchev–Trinajstić information content (AvgIpc) is 3.35. The van der Waals surface area contributed by atoms with Crippen LogP contribution < -0.4 is 0 Å². The molecule has 31 heavy (non-hydrogen) atoms. The van der Waals surface area contributed by atoms with Crippen LogP contribution in [0.25, 0.3) is 33.1 Å². The molecular weight excluding hydrogens is 405 g/mol. The zero-order valence-electron chi connectivity index (χ0n) is 16.0. The van der Waals surface area contributed by atoms with E-state index < -0.39 is 11.9 Å². The summed E-state index contributed by atoms with van der Waals surface area (Å²) in [5, 5.41) is 8.50. The van der Waals surface area contributed by atoms with Gasteiger partial charge in [-0.2, -0.15) is 18.3 Å². The number of halogens is 3. The number of alkyl halides is 3. The number of H-pyrrole nitrogens is 2. The smallest absolute Gasteiger partial charge is 0.352 e. The molecule has 0 aliphatic rings.